The molecule has 0 spiro atoms. The van der Waals surface area contributed by atoms with Gasteiger partial charge in [-0.1, -0.05) is 12.1 Å². The molecule has 24 heavy (non-hydrogen) atoms. The second kappa shape index (κ2) is 7.97. The van der Waals surface area contributed by atoms with E-state index in [4.69, 9.17) is 9.47 Å². The molecule has 2 aromatic rings. The van der Waals surface area contributed by atoms with E-state index in [0.29, 0.717) is 21.5 Å². The first-order valence-electron chi connectivity index (χ1n) is 7.32. The van der Waals surface area contributed by atoms with E-state index >= 15 is 0 Å². The summed E-state index contributed by atoms with van der Waals surface area (Å²) in [6.07, 6.45) is -0.918. The molecule has 1 N–H and O–H groups in total. The molecule has 5 nitrogen and oxygen atoms in total. The summed E-state index contributed by atoms with van der Waals surface area (Å²) in [6, 6.07) is 12.2. The van der Waals surface area contributed by atoms with Crippen molar-refractivity contribution in [1.82, 2.24) is 0 Å². The number of carbonyl (C=O) groups is 2. The van der Waals surface area contributed by atoms with Crippen molar-refractivity contribution in [1.29, 1.82) is 0 Å². The normalized spacial score (nSPS) is 11.5. The van der Waals surface area contributed by atoms with Crippen molar-refractivity contribution in [3.05, 3.63) is 58.1 Å². The molecule has 0 bridgehead atoms. The first-order valence-corrected chi connectivity index (χ1v) is 8.12. The van der Waals surface area contributed by atoms with E-state index in [1.165, 1.54) is 14.0 Å². The van der Waals surface area contributed by atoms with E-state index in [0.717, 1.165) is 5.56 Å². The van der Waals surface area contributed by atoms with Crippen LogP contribution in [-0.4, -0.2) is 25.1 Å². The smallest absolute Gasteiger partial charge is 0.338 e. The Morgan fingerprint density at radius 2 is 1.92 bits per heavy atom. The summed E-state index contributed by atoms with van der Waals surface area (Å²) in [7, 11) is 1.54. The van der Waals surface area contributed by atoms with E-state index < -0.39 is 12.1 Å². The Morgan fingerprint density at radius 1 is 1.17 bits per heavy atom. The summed E-state index contributed by atoms with van der Waals surface area (Å²) >= 11 is 3.31. The fraction of sp³-hybridized carbons (Fsp3) is 0.222. The van der Waals surface area contributed by atoms with Crippen molar-refractivity contribution >= 4 is 33.5 Å². The number of benzene rings is 2. The molecule has 0 heterocycles. The molecular weight excluding hydrogens is 374 g/mol. The number of carbonyl (C=O) groups excluding carboxylic acids is 2. The Kier molecular flexibility index (Phi) is 5.98. The summed E-state index contributed by atoms with van der Waals surface area (Å²) in [5, 5.41) is 2.72. The van der Waals surface area contributed by atoms with Gasteiger partial charge in [0.2, 0.25) is 0 Å². The van der Waals surface area contributed by atoms with Crippen LogP contribution in [0.4, 0.5) is 5.69 Å². The number of hydrogen-bond acceptors (Lipinski definition) is 4. The van der Waals surface area contributed by atoms with Crippen molar-refractivity contribution in [2.75, 3.05) is 12.4 Å². The van der Waals surface area contributed by atoms with Crippen molar-refractivity contribution in [3.8, 4) is 5.75 Å². The number of aryl methyl sites for hydroxylation is 1. The third-order valence-electron chi connectivity index (χ3n) is 3.33. The summed E-state index contributed by atoms with van der Waals surface area (Å²) < 4.78 is 11.0. The van der Waals surface area contributed by atoms with Crippen LogP contribution < -0.4 is 10.1 Å². The highest BCUT2D eigenvalue weighted by Gasteiger charge is 2.19. The van der Waals surface area contributed by atoms with Gasteiger partial charge in [0.25, 0.3) is 5.91 Å². The Hall–Kier alpha value is -2.34. The molecule has 0 unspecified atom stereocenters. The minimum absolute atomic E-state index is 0.331. The maximum absolute atomic E-state index is 12.2. The van der Waals surface area contributed by atoms with Crippen LogP contribution >= 0.6 is 15.9 Å². The molecule has 1 amide bonds. The van der Waals surface area contributed by atoms with Gasteiger partial charge in [0.05, 0.1) is 17.1 Å². The summed E-state index contributed by atoms with van der Waals surface area (Å²) in [4.78, 5) is 24.3. The third-order valence-corrected chi connectivity index (χ3v) is 3.95. The lowest BCUT2D eigenvalue weighted by Gasteiger charge is -2.14. The van der Waals surface area contributed by atoms with Crippen molar-refractivity contribution in [2.45, 2.75) is 20.0 Å². The lowest BCUT2D eigenvalue weighted by Crippen LogP contribution is -2.30. The summed E-state index contributed by atoms with van der Waals surface area (Å²) in [5.41, 5.74) is 2.02. The highest BCUT2D eigenvalue weighted by molar-refractivity contribution is 9.10. The monoisotopic (exact) mass is 391 g/mol. The van der Waals surface area contributed by atoms with Crippen molar-refractivity contribution in [3.63, 3.8) is 0 Å². The van der Waals surface area contributed by atoms with Gasteiger partial charge in [-0.15, -0.1) is 0 Å². The summed E-state index contributed by atoms with van der Waals surface area (Å²) in [6.45, 7) is 3.46. The number of nitrogens with one attached hydrogen (secondary N) is 1. The Balaban J connectivity index is 2.00. The fourth-order valence-corrected chi connectivity index (χ4v) is 2.58. The minimum Gasteiger partial charge on any atom is -0.496 e. The highest BCUT2D eigenvalue weighted by Crippen LogP contribution is 2.26. The lowest BCUT2D eigenvalue weighted by molar-refractivity contribution is -0.123. The molecule has 0 aliphatic carbocycles. The molecule has 2 aromatic carbocycles. The number of esters is 1. The molecule has 0 fully saturated rings. The van der Waals surface area contributed by atoms with Gasteiger partial charge in [0.15, 0.2) is 6.10 Å². The summed E-state index contributed by atoms with van der Waals surface area (Å²) in [5.74, 6) is -0.358. The second-order valence-corrected chi connectivity index (χ2v) is 6.11. The Labute approximate surface area is 149 Å². The molecule has 2 rings (SSSR count). The molecule has 126 valence electrons. The van der Waals surface area contributed by atoms with Crippen LogP contribution in [0.25, 0.3) is 0 Å². The molecule has 0 radical (unpaired) electrons. The first-order chi connectivity index (χ1) is 11.4. The van der Waals surface area contributed by atoms with Crippen LogP contribution in [0.2, 0.25) is 0 Å². The van der Waals surface area contributed by atoms with Gasteiger partial charge in [-0.25, -0.2) is 4.79 Å². The van der Waals surface area contributed by atoms with Crippen LogP contribution in [0.1, 0.15) is 22.8 Å². The molecule has 0 aromatic heterocycles. The fourth-order valence-electron chi connectivity index (χ4n) is 2.04. The van der Waals surface area contributed by atoms with E-state index in [-0.39, 0.29) is 5.91 Å². The van der Waals surface area contributed by atoms with Crippen molar-refractivity contribution in [2.24, 2.45) is 0 Å². The largest absolute Gasteiger partial charge is 0.496 e. The first kappa shape index (κ1) is 18.0. The van der Waals surface area contributed by atoms with Gasteiger partial charge in [0, 0.05) is 5.69 Å². The molecule has 6 heteroatoms. The standard InChI is InChI=1S/C18H18BrNO4/c1-11-5-4-6-14(9-11)20-17(21)12(2)24-18(22)13-7-8-16(23-3)15(19)10-13/h4-10,12H,1-3H3,(H,20,21)/t12-/m0/s1. The van der Waals surface area contributed by atoms with Crippen LogP contribution in [0.3, 0.4) is 0 Å². The van der Waals surface area contributed by atoms with Crippen LogP contribution in [0.5, 0.6) is 5.75 Å². The quantitative estimate of drug-likeness (QED) is 0.783. The molecule has 0 saturated carbocycles. The van der Waals surface area contributed by atoms with E-state index in [2.05, 4.69) is 21.2 Å². The molecule has 0 aliphatic rings. The number of rotatable bonds is 5. The molecule has 0 saturated heterocycles. The second-order valence-electron chi connectivity index (χ2n) is 5.26. The van der Waals surface area contributed by atoms with Crippen molar-refractivity contribution < 1.29 is 19.1 Å². The maximum atomic E-state index is 12.2. The topological polar surface area (TPSA) is 64.6 Å². The average Bonchev–Trinajstić information content (AvgIpc) is 2.54. The van der Waals surface area contributed by atoms with Gasteiger partial charge in [-0.3, -0.25) is 4.79 Å². The molecule has 0 aliphatic heterocycles. The predicted molar refractivity (Wildman–Crippen MR) is 95.4 cm³/mol. The van der Waals surface area contributed by atoms with Crippen LogP contribution in [-0.2, 0) is 9.53 Å². The van der Waals surface area contributed by atoms with E-state index in [9.17, 15) is 9.59 Å². The average molecular weight is 392 g/mol. The van der Waals surface area contributed by atoms with Gasteiger partial charge < -0.3 is 14.8 Å². The number of hydrogen-bond donors (Lipinski definition) is 1. The SMILES string of the molecule is COc1ccc(C(=O)O[C@@H](C)C(=O)Nc2cccc(C)c2)cc1Br. The van der Waals surface area contributed by atoms with Gasteiger partial charge in [0.1, 0.15) is 5.75 Å². The number of methoxy groups -OCH3 is 1. The lowest BCUT2D eigenvalue weighted by atomic mass is 10.2. The molecule has 1 atom stereocenters. The van der Waals surface area contributed by atoms with Gasteiger partial charge in [-0.05, 0) is 65.7 Å². The number of ether oxygens (including phenoxy) is 2. The Bertz CT molecular complexity index is 760. The highest BCUT2D eigenvalue weighted by atomic mass is 79.9. The number of halogens is 1. The predicted octanol–water partition coefficient (Wildman–Crippen LogP) is 3.95. The zero-order chi connectivity index (χ0) is 17.7. The minimum atomic E-state index is -0.918. The van der Waals surface area contributed by atoms with E-state index in [1.807, 2.05) is 25.1 Å². The van der Waals surface area contributed by atoms with Gasteiger partial charge in [-0.2, -0.15) is 0 Å². The molecular formula is C18H18BrNO4. The van der Waals surface area contributed by atoms with Crippen LogP contribution in [0, 0.1) is 6.92 Å². The Morgan fingerprint density at radius 3 is 2.54 bits per heavy atom. The number of anilines is 1. The van der Waals surface area contributed by atoms with Crippen LogP contribution in [0.15, 0.2) is 46.9 Å². The zero-order valence-electron chi connectivity index (χ0n) is 13.6. The van der Waals surface area contributed by atoms with Gasteiger partial charge >= 0.3 is 5.97 Å². The van der Waals surface area contributed by atoms with E-state index in [1.54, 1.807) is 24.3 Å². The zero-order valence-corrected chi connectivity index (χ0v) is 15.2. The maximum Gasteiger partial charge on any atom is 0.338 e. The number of amides is 1. The third kappa shape index (κ3) is 4.58.